The van der Waals surface area contributed by atoms with E-state index in [1.165, 1.54) is 0 Å². The van der Waals surface area contributed by atoms with Crippen LogP contribution in [0.25, 0.3) is 11.1 Å². The molecule has 9 nitrogen and oxygen atoms in total. The number of amides is 1. The van der Waals surface area contributed by atoms with Crippen molar-refractivity contribution >= 4 is 31.9 Å². The Hall–Kier alpha value is -3.07. The van der Waals surface area contributed by atoms with Crippen LogP contribution >= 0.6 is 20.0 Å². The highest BCUT2D eigenvalue weighted by molar-refractivity contribution is 7.51. The molecule has 1 amide bonds. The number of aromatic nitrogens is 1. The standard InChI is InChI=1S/C25H28N3O6P.ClH/c29-24(34-17-20-5-4-13-26-16-20)12-14-27-25(30)23(28-18-35(31,32)33)15-19-8-10-22(11-9-19)21-6-2-1-3-7-21;/h1-11,13,16,23,28H,12,14-15,17-18H2,(H,27,30)(H2,31,32,33);1H. The van der Waals surface area contributed by atoms with Gasteiger partial charge < -0.3 is 19.8 Å². The zero-order chi connectivity index (χ0) is 25.1. The van der Waals surface area contributed by atoms with Crippen LogP contribution < -0.4 is 10.6 Å². The third kappa shape index (κ3) is 10.3. The monoisotopic (exact) mass is 533 g/mol. The molecule has 0 saturated carbocycles. The second-order valence-corrected chi connectivity index (χ2v) is 9.56. The van der Waals surface area contributed by atoms with Crippen molar-refractivity contribution in [2.45, 2.75) is 25.5 Å². The molecule has 0 fully saturated rings. The van der Waals surface area contributed by atoms with Gasteiger partial charge in [0.1, 0.15) is 6.61 Å². The van der Waals surface area contributed by atoms with Gasteiger partial charge in [-0.3, -0.25) is 24.5 Å². The average molecular weight is 534 g/mol. The van der Waals surface area contributed by atoms with E-state index in [9.17, 15) is 23.9 Å². The number of nitrogens with one attached hydrogen (secondary N) is 2. The minimum absolute atomic E-state index is 0. The Morgan fingerprint density at radius 1 is 0.944 bits per heavy atom. The summed E-state index contributed by atoms with van der Waals surface area (Å²) in [5, 5.41) is 5.28. The number of halogens is 1. The van der Waals surface area contributed by atoms with Crippen LogP contribution in [0.4, 0.5) is 0 Å². The van der Waals surface area contributed by atoms with Crippen molar-refractivity contribution in [1.82, 2.24) is 15.6 Å². The van der Waals surface area contributed by atoms with Crippen molar-refractivity contribution in [3.8, 4) is 11.1 Å². The summed E-state index contributed by atoms with van der Waals surface area (Å²) in [5.41, 5.74) is 3.65. The third-order valence-corrected chi connectivity index (χ3v) is 5.71. The summed E-state index contributed by atoms with van der Waals surface area (Å²) in [6.45, 7) is 0.123. The van der Waals surface area contributed by atoms with Crippen molar-refractivity contribution in [2.24, 2.45) is 0 Å². The van der Waals surface area contributed by atoms with Crippen LogP contribution in [0.3, 0.4) is 0 Å². The molecular formula is C25H29ClN3O6P. The molecule has 0 aliphatic rings. The van der Waals surface area contributed by atoms with Gasteiger partial charge in [0.15, 0.2) is 0 Å². The molecule has 1 heterocycles. The molecule has 0 aliphatic carbocycles. The van der Waals surface area contributed by atoms with Gasteiger partial charge >= 0.3 is 13.6 Å². The van der Waals surface area contributed by atoms with Gasteiger partial charge in [-0.05, 0) is 29.2 Å². The fourth-order valence-electron chi connectivity index (χ4n) is 3.32. The molecule has 0 saturated heterocycles. The minimum Gasteiger partial charge on any atom is -0.461 e. The summed E-state index contributed by atoms with van der Waals surface area (Å²) in [6.07, 6.45) is 2.75. The average Bonchev–Trinajstić information content (AvgIpc) is 2.86. The number of carbonyl (C=O) groups is 2. The Balaban J connectivity index is 0.00000456. The van der Waals surface area contributed by atoms with Crippen molar-refractivity contribution in [3.05, 3.63) is 90.3 Å². The van der Waals surface area contributed by atoms with Crippen LogP contribution in [0, 0.1) is 0 Å². The van der Waals surface area contributed by atoms with Crippen molar-refractivity contribution in [1.29, 1.82) is 0 Å². The number of rotatable bonds is 12. The quantitative estimate of drug-likeness (QED) is 0.206. The number of hydrogen-bond donors (Lipinski definition) is 4. The molecule has 192 valence electrons. The van der Waals surface area contributed by atoms with Crippen molar-refractivity contribution in [3.63, 3.8) is 0 Å². The van der Waals surface area contributed by atoms with Gasteiger partial charge in [0.25, 0.3) is 0 Å². The van der Waals surface area contributed by atoms with Gasteiger partial charge in [-0.2, -0.15) is 0 Å². The highest BCUT2D eigenvalue weighted by atomic mass is 35.5. The molecular weight excluding hydrogens is 505 g/mol. The van der Waals surface area contributed by atoms with Crippen LogP contribution in [0.2, 0.25) is 0 Å². The van der Waals surface area contributed by atoms with Gasteiger partial charge in [-0.25, -0.2) is 0 Å². The Morgan fingerprint density at radius 3 is 2.28 bits per heavy atom. The number of benzene rings is 2. The van der Waals surface area contributed by atoms with E-state index >= 15 is 0 Å². The number of ether oxygens (including phenoxy) is 1. The van der Waals surface area contributed by atoms with E-state index < -0.39 is 31.8 Å². The first-order valence-corrected chi connectivity index (χ1v) is 12.8. The zero-order valence-corrected chi connectivity index (χ0v) is 21.2. The first kappa shape index (κ1) is 29.2. The first-order chi connectivity index (χ1) is 16.8. The predicted molar refractivity (Wildman–Crippen MR) is 138 cm³/mol. The largest absolute Gasteiger partial charge is 0.461 e. The molecule has 11 heteroatoms. The SMILES string of the molecule is Cl.O=C(CCNC(=O)C(Cc1ccc(-c2ccccc2)cc1)NCP(=O)(O)O)OCc1cccnc1. The van der Waals surface area contributed by atoms with Crippen molar-refractivity contribution in [2.75, 3.05) is 12.8 Å². The van der Waals surface area contributed by atoms with E-state index in [2.05, 4.69) is 15.6 Å². The molecule has 1 atom stereocenters. The van der Waals surface area contributed by atoms with E-state index in [1.54, 1.807) is 24.5 Å². The lowest BCUT2D eigenvalue weighted by molar-refractivity contribution is -0.144. The topological polar surface area (TPSA) is 138 Å². The third-order valence-electron chi connectivity index (χ3n) is 5.11. The molecule has 3 rings (SSSR count). The van der Waals surface area contributed by atoms with Gasteiger partial charge in [0, 0.05) is 24.5 Å². The van der Waals surface area contributed by atoms with Crippen molar-refractivity contribution < 1.29 is 28.7 Å². The smallest absolute Gasteiger partial charge is 0.339 e. The highest BCUT2D eigenvalue weighted by Crippen LogP contribution is 2.32. The van der Waals surface area contributed by atoms with Crippen LogP contribution in [0.1, 0.15) is 17.5 Å². The summed E-state index contributed by atoms with van der Waals surface area (Å²) in [7, 11) is -4.36. The summed E-state index contributed by atoms with van der Waals surface area (Å²) in [6, 6.07) is 20.1. The second-order valence-electron chi connectivity index (χ2n) is 7.91. The summed E-state index contributed by atoms with van der Waals surface area (Å²) >= 11 is 0. The predicted octanol–water partition coefficient (Wildman–Crippen LogP) is 3.06. The summed E-state index contributed by atoms with van der Waals surface area (Å²) in [5.74, 6) is -0.948. The number of nitrogens with zero attached hydrogens (tertiary/aromatic N) is 1. The maximum absolute atomic E-state index is 12.7. The lowest BCUT2D eigenvalue weighted by Gasteiger charge is -2.19. The van der Waals surface area contributed by atoms with Gasteiger partial charge in [0.2, 0.25) is 5.91 Å². The first-order valence-electron chi connectivity index (χ1n) is 11.0. The maximum Gasteiger partial charge on any atom is 0.339 e. The Morgan fingerprint density at radius 2 is 1.64 bits per heavy atom. The van der Waals surface area contributed by atoms with Crippen LogP contribution in [0.5, 0.6) is 0 Å². The molecule has 1 aromatic heterocycles. The lowest BCUT2D eigenvalue weighted by atomic mass is 10.0. The van der Waals surface area contributed by atoms with Crippen LogP contribution in [0.15, 0.2) is 79.1 Å². The summed E-state index contributed by atoms with van der Waals surface area (Å²) < 4.78 is 16.5. The lowest BCUT2D eigenvalue weighted by Crippen LogP contribution is -2.46. The molecule has 2 aromatic carbocycles. The Bertz CT molecular complexity index is 1140. The molecule has 36 heavy (non-hydrogen) atoms. The van der Waals surface area contributed by atoms with E-state index in [4.69, 9.17) is 4.74 Å². The number of esters is 1. The van der Waals surface area contributed by atoms with Gasteiger partial charge in [-0.15, -0.1) is 12.4 Å². The molecule has 0 radical (unpaired) electrons. The Kier molecular flexibility index (Phi) is 11.7. The van der Waals surface area contributed by atoms with Crippen LogP contribution in [-0.4, -0.2) is 45.5 Å². The maximum atomic E-state index is 12.7. The summed E-state index contributed by atoms with van der Waals surface area (Å²) in [4.78, 5) is 47.1. The normalized spacial score (nSPS) is 11.7. The van der Waals surface area contributed by atoms with E-state index in [-0.39, 0.29) is 38.4 Å². The number of pyridine rings is 1. The van der Waals surface area contributed by atoms with Gasteiger partial charge in [-0.1, -0.05) is 60.7 Å². The van der Waals surface area contributed by atoms with Gasteiger partial charge in [0.05, 0.1) is 18.7 Å². The fourth-order valence-corrected chi connectivity index (χ4v) is 3.77. The van der Waals surface area contributed by atoms with E-state index in [0.717, 1.165) is 22.3 Å². The number of hydrogen-bond acceptors (Lipinski definition) is 6. The van der Waals surface area contributed by atoms with Crippen LogP contribution in [-0.2, 0) is 31.9 Å². The Labute approximate surface area is 215 Å². The second kappa shape index (κ2) is 14.5. The minimum atomic E-state index is -4.36. The van der Waals surface area contributed by atoms with E-state index in [1.807, 2.05) is 54.6 Å². The molecule has 0 aliphatic heterocycles. The van der Waals surface area contributed by atoms with E-state index in [0.29, 0.717) is 0 Å². The highest BCUT2D eigenvalue weighted by Gasteiger charge is 2.23. The molecule has 1 unspecified atom stereocenters. The fraction of sp³-hybridized carbons (Fsp3) is 0.240. The molecule has 0 spiro atoms. The molecule has 4 N–H and O–H groups in total. The molecule has 0 bridgehead atoms. The number of carbonyl (C=O) groups excluding carboxylic acids is 2. The zero-order valence-electron chi connectivity index (χ0n) is 19.4. The molecule has 3 aromatic rings.